The molecule has 1 atom stereocenters. The second kappa shape index (κ2) is 3.07. The molecule has 1 amide bonds. The Balaban J connectivity index is 2.70. The van der Waals surface area contributed by atoms with Crippen molar-refractivity contribution >= 4 is 11.9 Å². The molecule has 1 aliphatic heterocycles. The fourth-order valence-corrected chi connectivity index (χ4v) is 1.27. The third kappa shape index (κ3) is 1.63. The summed E-state index contributed by atoms with van der Waals surface area (Å²) < 4.78 is 0. The lowest BCUT2D eigenvalue weighted by Gasteiger charge is -2.18. The number of hydrogen-bond acceptors (Lipinski definition) is 3. The van der Waals surface area contributed by atoms with Gasteiger partial charge in [0.25, 0.3) is 5.91 Å². The Morgan fingerprint density at radius 3 is 2.62 bits per heavy atom. The van der Waals surface area contributed by atoms with E-state index in [1.807, 2.05) is 5.92 Å². The van der Waals surface area contributed by atoms with Crippen molar-refractivity contribution in [1.82, 2.24) is 4.90 Å². The van der Waals surface area contributed by atoms with Crippen molar-refractivity contribution in [2.24, 2.45) is 5.73 Å². The Bertz CT molecular complexity index is 294. The number of carboxylic acids is 1. The van der Waals surface area contributed by atoms with E-state index in [2.05, 4.69) is 0 Å². The molecule has 1 rings (SSSR count). The Morgan fingerprint density at radius 2 is 2.23 bits per heavy atom. The van der Waals surface area contributed by atoms with Crippen molar-refractivity contribution in [3.8, 4) is 12.3 Å². The zero-order chi connectivity index (χ0) is 10.1. The number of carbonyl (C=O) groups is 2. The Morgan fingerprint density at radius 1 is 1.62 bits per heavy atom. The SMILES string of the molecule is C#CC(=O)N1CCC(N)(C(=O)O)C1. The molecule has 1 aliphatic rings. The lowest BCUT2D eigenvalue weighted by atomic mass is 10.0. The maximum Gasteiger partial charge on any atom is 0.325 e. The van der Waals surface area contributed by atoms with Crippen LogP contribution in [0, 0.1) is 12.3 Å². The third-order valence-corrected chi connectivity index (χ3v) is 2.14. The van der Waals surface area contributed by atoms with Gasteiger partial charge < -0.3 is 15.7 Å². The number of carbonyl (C=O) groups excluding carboxylic acids is 1. The first-order valence-corrected chi connectivity index (χ1v) is 3.77. The second-order valence-electron chi connectivity index (χ2n) is 3.08. The molecule has 13 heavy (non-hydrogen) atoms. The molecule has 3 N–H and O–H groups in total. The van der Waals surface area contributed by atoms with Crippen LogP contribution in [0.15, 0.2) is 0 Å². The van der Waals surface area contributed by atoms with E-state index in [1.54, 1.807) is 0 Å². The number of amides is 1. The van der Waals surface area contributed by atoms with Crippen LogP contribution in [0.2, 0.25) is 0 Å². The lowest BCUT2D eigenvalue weighted by Crippen LogP contribution is -2.50. The highest BCUT2D eigenvalue weighted by Gasteiger charge is 2.42. The minimum absolute atomic E-state index is 0.00856. The molecular formula is C8H10N2O3. The zero-order valence-electron chi connectivity index (χ0n) is 6.99. The van der Waals surface area contributed by atoms with Gasteiger partial charge in [-0.2, -0.15) is 0 Å². The van der Waals surface area contributed by atoms with Crippen molar-refractivity contribution in [3.05, 3.63) is 0 Å². The van der Waals surface area contributed by atoms with E-state index in [9.17, 15) is 9.59 Å². The fourth-order valence-electron chi connectivity index (χ4n) is 1.27. The number of hydrogen-bond donors (Lipinski definition) is 2. The molecule has 1 fully saturated rings. The number of likely N-dealkylation sites (tertiary alicyclic amines) is 1. The first kappa shape index (κ1) is 9.55. The minimum Gasteiger partial charge on any atom is -0.480 e. The summed E-state index contributed by atoms with van der Waals surface area (Å²) in [5.41, 5.74) is 4.20. The van der Waals surface area contributed by atoms with Crippen LogP contribution in [0.1, 0.15) is 6.42 Å². The minimum atomic E-state index is -1.33. The van der Waals surface area contributed by atoms with Gasteiger partial charge in [0.1, 0.15) is 5.54 Å². The second-order valence-corrected chi connectivity index (χ2v) is 3.08. The molecule has 0 radical (unpaired) electrons. The van der Waals surface area contributed by atoms with Crippen LogP contribution >= 0.6 is 0 Å². The summed E-state index contributed by atoms with van der Waals surface area (Å²) >= 11 is 0. The standard InChI is InChI=1S/C8H10N2O3/c1-2-6(11)10-4-3-8(9,5-10)7(12)13/h1H,3-5,9H2,(H,12,13). The number of carboxylic acid groups (broad SMARTS) is 1. The molecule has 0 aromatic heterocycles. The molecular weight excluding hydrogens is 172 g/mol. The molecule has 1 heterocycles. The third-order valence-electron chi connectivity index (χ3n) is 2.14. The lowest BCUT2D eigenvalue weighted by molar-refractivity contribution is -0.142. The predicted octanol–water partition coefficient (Wildman–Crippen LogP) is -1.37. The van der Waals surface area contributed by atoms with Crippen LogP contribution in [0.3, 0.4) is 0 Å². The summed E-state index contributed by atoms with van der Waals surface area (Å²) in [6.45, 7) is 0.303. The number of nitrogens with two attached hydrogens (primary N) is 1. The molecule has 1 unspecified atom stereocenters. The molecule has 0 aromatic carbocycles. The predicted molar refractivity (Wildman–Crippen MR) is 44.6 cm³/mol. The number of rotatable bonds is 1. The van der Waals surface area contributed by atoms with Gasteiger partial charge in [-0.3, -0.25) is 9.59 Å². The molecule has 0 aliphatic carbocycles. The average molecular weight is 182 g/mol. The van der Waals surface area contributed by atoms with E-state index in [0.29, 0.717) is 6.54 Å². The monoisotopic (exact) mass is 182 g/mol. The van der Waals surface area contributed by atoms with Gasteiger partial charge in [0.05, 0.1) is 6.54 Å². The fraction of sp³-hybridized carbons (Fsp3) is 0.500. The summed E-state index contributed by atoms with van der Waals surface area (Å²) in [5, 5.41) is 8.73. The quantitative estimate of drug-likeness (QED) is 0.490. The molecule has 1 saturated heterocycles. The molecule has 0 bridgehead atoms. The molecule has 5 heteroatoms. The van der Waals surface area contributed by atoms with Gasteiger partial charge in [0.2, 0.25) is 0 Å². The zero-order valence-corrected chi connectivity index (χ0v) is 6.99. The smallest absolute Gasteiger partial charge is 0.325 e. The van der Waals surface area contributed by atoms with Crippen LogP contribution in [0.5, 0.6) is 0 Å². The van der Waals surface area contributed by atoms with Crippen molar-refractivity contribution in [2.45, 2.75) is 12.0 Å². The highest BCUT2D eigenvalue weighted by molar-refractivity contribution is 5.94. The van der Waals surface area contributed by atoms with Gasteiger partial charge in [0.15, 0.2) is 0 Å². The average Bonchev–Trinajstić information content (AvgIpc) is 2.48. The highest BCUT2D eigenvalue weighted by Crippen LogP contribution is 2.18. The highest BCUT2D eigenvalue weighted by atomic mass is 16.4. The normalized spacial score (nSPS) is 26.9. The summed E-state index contributed by atoms with van der Waals surface area (Å²) in [7, 11) is 0. The van der Waals surface area contributed by atoms with Gasteiger partial charge >= 0.3 is 5.97 Å². The maximum absolute atomic E-state index is 11.0. The largest absolute Gasteiger partial charge is 0.480 e. The van der Waals surface area contributed by atoms with Gasteiger partial charge in [0, 0.05) is 6.54 Å². The molecule has 70 valence electrons. The molecule has 0 spiro atoms. The van der Waals surface area contributed by atoms with Crippen LogP contribution in [0.4, 0.5) is 0 Å². The van der Waals surface area contributed by atoms with E-state index >= 15 is 0 Å². The van der Waals surface area contributed by atoms with E-state index in [-0.39, 0.29) is 13.0 Å². The van der Waals surface area contributed by atoms with Gasteiger partial charge in [-0.15, -0.1) is 6.42 Å². The van der Waals surface area contributed by atoms with Crippen molar-refractivity contribution < 1.29 is 14.7 Å². The maximum atomic E-state index is 11.0. The number of aliphatic carboxylic acids is 1. The van der Waals surface area contributed by atoms with Crippen LogP contribution in [0.25, 0.3) is 0 Å². The van der Waals surface area contributed by atoms with Crippen LogP contribution < -0.4 is 5.73 Å². The Kier molecular flexibility index (Phi) is 2.26. The van der Waals surface area contributed by atoms with Gasteiger partial charge in [-0.05, 0) is 12.3 Å². The van der Waals surface area contributed by atoms with E-state index in [4.69, 9.17) is 17.3 Å². The van der Waals surface area contributed by atoms with E-state index in [1.165, 1.54) is 4.90 Å². The van der Waals surface area contributed by atoms with Crippen LogP contribution in [-0.4, -0.2) is 40.5 Å². The van der Waals surface area contributed by atoms with Crippen molar-refractivity contribution in [2.75, 3.05) is 13.1 Å². The van der Waals surface area contributed by atoms with E-state index < -0.39 is 17.4 Å². The molecule has 5 nitrogen and oxygen atoms in total. The van der Waals surface area contributed by atoms with Gasteiger partial charge in [-0.1, -0.05) is 0 Å². The summed E-state index contributed by atoms with van der Waals surface area (Å²) in [6, 6.07) is 0. The summed E-state index contributed by atoms with van der Waals surface area (Å²) in [4.78, 5) is 22.9. The molecule has 0 aromatic rings. The first-order valence-electron chi connectivity index (χ1n) is 3.77. The molecule has 0 saturated carbocycles. The first-order chi connectivity index (χ1) is 5.99. The van der Waals surface area contributed by atoms with E-state index in [0.717, 1.165) is 0 Å². The number of nitrogens with zero attached hydrogens (tertiary/aromatic N) is 1. The topological polar surface area (TPSA) is 83.6 Å². The van der Waals surface area contributed by atoms with Crippen molar-refractivity contribution in [3.63, 3.8) is 0 Å². The van der Waals surface area contributed by atoms with Gasteiger partial charge in [-0.25, -0.2) is 0 Å². The Hall–Kier alpha value is -1.54. The van der Waals surface area contributed by atoms with Crippen LogP contribution in [-0.2, 0) is 9.59 Å². The summed E-state index contributed by atoms with van der Waals surface area (Å²) in [6.07, 6.45) is 5.13. The number of terminal acetylenes is 1. The summed E-state index contributed by atoms with van der Waals surface area (Å²) in [5.74, 6) is 0.319. The van der Waals surface area contributed by atoms with Crippen molar-refractivity contribution in [1.29, 1.82) is 0 Å². The Labute approximate surface area is 75.5 Å².